The normalized spacial score (nSPS) is 13.7. The maximum absolute atomic E-state index is 12.0. The number of hydrogen-bond acceptors (Lipinski definition) is 4. The zero-order valence-corrected chi connectivity index (χ0v) is 12.6. The Bertz CT molecular complexity index is 668. The van der Waals surface area contributed by atoms with Gasteiger partial charge in [-0.05, 0) is 36.6 Å². The van der Waals surface area contributed by atoms with E-state index in [0.29, 0.717) is 18.9 Å². The SMILES string of the molecule is COc1cccc(CC(=O)NCc2cc(C3CC3)ncn2)c1. The summed E-state index contributed by atoms with van der Waals surface area (Å²) >= 11 is 0. The summed E-state index contributed by atoms with van der Waals surface area (Å²) in [4.78, 5) is 20.5. The molecule has 0 saturated heterocycles. The van der Waals surface area contributed by atoms with Crippen LogP contribution < -0.4 is 10.1 Å². The standard InChI is InChI=1S/C17H19N3O2/c1-22-15-4-2-3-12(7-15)8-17(21)18-10-14-9-16(13-5-6-13)20-11-19-14/h2-4,7,9,11,13H,5-6,8,10H2,1H3,(H,18,21). The number of carbonyl (C=O) groups excluding carboxylic acids is 1. The Kier molecular flexibility index (Phi) is 4.32. The van der Waals surface area contributed by atoms with Gasteiger partial charge in [0.15, 0.2) is 0 Å². The number of nitrogens with one attached hydrogen (secondary N) is 1. The Morgan fingerprint density at radius 3 is 2.95 bits per heavy atom. The summed E-state index contributed by atoms with van der Waals surface area (Å²) in [5, 5.41) is 2.90. The van der Waals surface area contributed by atoms with Gasteiger partial charge in [-0.25, -0.2) is 9.97 Å². The lowest BCUT2D eigenvalue weighted by Crippen LogP contribution is -2.25. The Morgan fingerprint density at radius 1 is 1.32 bits per heavy atom. The Hall–Kier alpha value is -2.43. The predicted molar refractivity (Wildman–Crippen MR) is 82.6 cm³/mol. The summed E-state index contributed by atoms with van der Waals surface area (Å²) in [6, 6.07) is 9.52. The zero-order chi connectivity index (χ0) is 15.4. The molecule has 2 aromatic rings. The summed E-state index contributed by atoms with van der Waals surface area (Å²) in [5.41, 5.74) is 2.88. The van der Waals surface area contributed by atoms with Gasteiger partial charge in [0.1, 0.15) is 12.1 Å². The fourth-order valence-electron chi connectivity index (χ4n) is 2.33. The fourth-order valence-corrected chi connectivity index (χ4v) is 2.33. The molecule has 1 saturated carbocycles. The van der Waals surface area contributed by atoms with Crippen molar-refractivity contribution in [2.24, 2.45) is 0 Å². The summed E-state index contributed by atoms with van der Waals surface area (Å²) in [6.45, 7) is 0.436. The van der Waals surface area contributed by atoms with Gasteiger partial charge in [-0.1, -0.05) is 12.1 Å². The van der Waals surface area contributed by atoms with Gasteiger partial charge >= 0.3 is 0 Å². The van der Waals surface area contributed by atoms with Crippen LogP contribution in [0.5, 0.6) is 5.75 Å². The minimum atomic E-state index is -0.0279. The predicted octanol–water partition coefficient (Wildman–Crippen LogP) is 2.22. The molecule has 22 heavy (non-hydrogen) atoms. The molecule has 1 amide bonds. The molecular formula is C17H19N3O2. The zero-order valence-electron chi connectivity index (χ0n) is 12.6. The first-order valence-corrected chi connectivity index (χ1v) is 7.45. The van der Waals surface area contributed by atoms with Gasteiger partial charge in [-0.3, -0.25) is 4.79 Å². The van der Waals surface area contributed by atoms with Crippen molar-refractivity contribution in [2.45, 2.75) is 31.7 Å². The van der Waals surface area contributed by atoms with Crippen LogP contribution in [0.4, 0.5) is 0 Å². The van der Waals surface area contributed by atoms with Crippen molar-refractivity contribution in [3.05, 3.63) is 53.6 Å². The average molecular weight is 297 g/mol. The van der Waals surface area contributed by atoms with E-state index in [2.05, 4.69) is 15.3 Å². The molecule has 5 nitrogen and oxygen atoms in total. The molecule has 1 aromatic carbocycles. The Balaban J connectivity index is 1.54. The van der Waals surface area contributed by atoms with Crippen molar-refractivity contribution >= 4 is 5.91 Å². The number of benzene rings is 1. The van der Waals surface area contributed by atoms with E-state index in [9.17, 15) is 4.79 Å². The second-order valence-electron chi connectivity index (χ2n) is 5.51. The van der Waals surface area contributed by atoms with E-state index < -0.39 is 0 Å². The summed E-state index contributed by atoms with van der Waals surface area (Å²) in [5.74, 6) is 1.32. The van der Waals surface area contributed by atoms with Crippen molar-refractivity contribution in [1.82, 2.24) is 15.3 Å². The molecule has 0 unspecified atom stereocenters. The van der Waals surface area contributed by atoms with E-state index in [1.165, 1.54) is 12.8 Å². The molecule has 3 rings (SSSR count). The number of nitrogens with zero attached hydrogens (tertiary/aromatic N) is 2. The first-order chi connectivity index (χ1) is 10.7. The van der Waals surface area contributed by atoms with Crippen LogP contribution in [-0.4, -0.2) is 23.0 Å². The highest BCUT2D eigenvalue weighted by atomic mass is 16.5. The number of ether oxygens (including phenoxy) is 1. The maximum Gasteiger partial charge on any atom is 0.224 e. The van der Waals surface area contributed by atoms with Gasteiger partial charge in [-0.2, -0.15) is 0 Å². The van der Waals surface area contributed by atoms with Crippen LogP contribution >= 0.6 is 0 Å². The lowest BCUT2D eigenvalue weighted by atomic mass is 10.1. The molecule has 1 aliphatic rings. The van der Waals surface area contributed by atoms with Crippen LogP contribution in [0.1, 0.15) is 35.7 Å². The molecule has 1 fully saturated rings. The van der Waals surface area contributed by atoms with Gasteiger partial charge in [0.25, 0.3) is 0 Å². The summed E-state index contributed by atoms with van der Waals surface area (Å²) in [7, 11) is 1.62. The topological polar surface area (TPSA) is 64.1 Å². The Labute approximate surface area is 129 Å². The van der Waals surface area contributed by atoms with Gasteiger partial charge in [0, 0.05) is 11.6 Å². The lowest BCUT2D eigenvalue weighted by molar-refractivity contribution is -0.120. The first-order valence-electron chi connectivity index (χ1n) is 7.45. The van der Waals surface area contributed by atoms with E-state index in [1.54, 1.807) is 13.4 Å². The van der Waals surface area contributed by atoms with E-state index in [1.807, 2.05) is 30.3 Å². The Morgan fingerprint density at radius 2 is 2.18 bits per heavy atom. The minimum Gasteiger partial charge on any atom is -0.497 e. The molecular weight excluding hydrogens is 278 g/mol. The third kappa shape index (κ3) is 3.81. The summed E-state index contributed by atoms with van der Waals surface area (Å²) in [6.07, 6.45) is 4.33. The van der Waals surface area contributed by atoms with Crippen molar-refractivity contribution < 1.29 is 9.53 Å². The van der Waals surface area contributed by atoms with E-state index in [-0.39, 0.29) is 5.91 Å². The highest BCUT2D eigenvalue weighted by Crippen LogP contribution is 2.38. The third-order valence-corrected chi connectivity index (χ3v) is 3.71. The van der Waals surface area contributed by atoms with Crippen molar-refractivity contribution in [1.29, 1.82) is 0 Å². The number of hydrogen-bond donors (Lipinski definition) is 1. The van der Waals surface area contributed by atoms with E-state index in [0.717, 1.165) is 22.7 Å². The molecule has 0 spiro atoms. The lowest BCUT2D eigenvalue weighted by Gasteiger charge is -2.07. The monoisotopic (exact) mass is 297 g/mol. The number of methoxy groups -OCH3 is 1. The maximum atomic E-state index is 12.0. The van der Waals surface area contributed by atoms with Crippen LogP contribution in [0.3, 0.4) is 0 Å². The van der Waals surface area contributed by atoms with Crippen LogP contribution in [-0.2, 0) is 17.8 Å². The largest absolute Gasteiger partial charge is 0.497 e. The van der Waals surface area contributed by atoms with Gasteiger partial charge in [0.05, 0.1) is 25.8 Å². The van der Waals surface area contributed by atoms with Crippen LogP contribution in [0.2, 0.25) is 0 Å². The third-order valence-electron chi connectivity index (χ3n) is 3.71. The van der Waals surface area contributed by atoms with E-state index in [4.69, 9.17) is 4.74 Å². The molecule has 5 heteroatoms. The first kappa shape index (κ1) is 14.5. The van der Waals surface area contributed by atoms with Gasteiger partial charge < -0.3 is 10.1 Å². The minimum absolute atomic E-state index is 0.0279. The smallest absolute Gasteiger partial charge is 0.224 e. The number of aromatic nitrogens is 2. The molecule has 0 radical (unpaired) electrons. The number of carbonyl (C=O) groups is 1. The van der Waals surface area contributed by atoms with Gasteiger partial charge in [-0.15, -0.1) is 0 Å². The fraction of sp³-hybridized carbons (Fsp3) is 0.353. The highest BCUT2D eigenvalue weighted by molar-refractivity contribution is 5.78. The quantitative estimate of drug-likeness (QED) is 0.888. The molecule has 114 valence electrons. The number of rotatable bonds is 6. The molecule has 0 aliphatic heterocycles. The molecule has 0 atom stereocenters. The van der Waals surface area contributed by atoms with Crippen LogP contribution in [0.25, 0.3) is 0 Å². The summed E-state index contributed by atoms with van der Waals surface area (Å²) < 4.78 is 5.16. The van der Waals surface area contributed by atoms with Crippen molar-refractivity contribution in [3.8, 4) is 5.75 Å². The van der Waals surface area contributed by atoms with Crippen LogP contribution in [0, 0.1) is 0 Å². The van der Waals surface area contributed by atoms with Gasteiger partial charge in [0.2, 0.25) is 5.91 Å². The molecule has 1 aliphatic carbocycles. The van der Waals surface area contributed by atoms with E-state index >= 15 is 0 Å². The average Bonchev–Trinajstić information content (AvgIpc) is 3.38. The van der Waals surface area contributed by atoms with Crippen molar-refractivity contribution in [2.75, 3.05) is 7.11 Å². The van der Waals surface area contributed by atoms with Crippen LogP contribution in [0.15, 0.2) is 36.7 Å². The van der Waals surface area contributed by atoms with Crippen molar-refractivity contribution in [3.63, 3.8) is 0 Å². The molecule has 1 N–H and O–H groups in total. The second kappa shape index (κ2) is 6.56. The second-order valence-corrected chi connectivity index (χ2v) is 5.51. The molecule has 1 aromatic heterocycles. The molecule has 1 heterocycles. The highest BCUT2D eigenvalue weighted by Gasteiger charge is 2.25. The number of amides is 1. The molecule has 0 bridgehead atoms.